The molecule has 13 rings (SSSR count). The fraction of sp³-hybridized carbons (Fsp3) is 0.130. The van der Waals surface area contributed by atoms with Gasteiger partial charge in [0.1, 0.15) is 0 Å². The highest BCUT2D eigenvalue weighted by Gasteiger charge is 2.38. The molecule has 0 aliphatic rings. The molecule has 95 heavy (non-hydrogen) atoms. The number of aromatic nitrogens is 2. The van der Waals surface area contributed by atoms with Gasteiger partial charge in [0.15, 0.2) is 0 Å². The largest absolute Gasteiger partial charge is 0.417 e. The molecule has 0 aliphatic carbocycles. The quantitative estimate of drug-likeness (QED) is 0.140. The highest BCUT2D eigenvalue weighted by molar-refractivity contribution is 6.15. The Morgan fingerprint density at radius 3 is 0.926 bits per heavy atom. The van der Waals surface area contributed by atoms with E-state index >= 15 is 13.2 Å². The van der Waals surface area contributed by atoms with Crippen LogP contribution in [0.1, 0.15) is 61.2 Å². The number of alkyl halides is 15. The van der Waals surface area contributed by atoms with Gasteiger partial charge in [0.25, 0.3) is 0 Å². The molecule has 13 aromatic rings. The summed E-state index contributed by atoms with van der Waals surface area (Å²) >= 11 is 0. The molecule has 0 saturated carbocycles. The number of fused-ring (bicyclic) bond motifs is 6. The maximum Gasteiger partial charge on any atom is 0.417 e. The minimum Gasteiger partial charge on any atom is -0.309 e. The van der Waals surface area contributed by atoms with Crippen molar-refractivity contribution in [3.05, 3.63) is 261 Å². The summed E-state index contributed by atoms with van der Waals surface area (Å²) in [5.41, 5.74) is -0.199. The smallest absolute Gasteiger partial charge is 0.309 e. The first-order chi connectivity index (χ1) is 44.7. The summed E-state index contributed by atoms with van der Waals surface area (Å²) in [7, 11) is 0. The third-order valence-corrected chi connectivity index (χ3v) is 17.3. The molecule has 0 saturated heterocycles. The van der Waals surface area contributed by atoms with Gasteiger partial charge in [-0.1, -0.05) is 78.9 Å². The van der Waals surface area contributed by atoms with Gasteiger partial charge in [-0.05, 0) is 239 Å². The number of hydrogen-bond donors (Lipinski definition) is 0. The van der Waals surface area contributed by atoms with Crippen molar-refractivity contribution in [2.24, 2.45) is 0 Å². The van der Waals surface area contributed by atoms with Crippen molar-refractivity contribution in [1.82, 2.24) is 9.13 Å². The molecular weight excluding hydrogens is 1250 g/mol. The molecule has 18 heteroatoms. The molecule has 476 valence electrons. The van der Waals surface area contributed by atoms with Crippen LogP contribution in [0.25, 0.3) is 122 Å². The fourth-order valence-electron chi connectivity index (χ4n) is 13.3. The molecule has 0 fully saturated rings. The van der Waals surface area contributed by atoms with Gasteiger partial charge >= 0.3 is 30.9 Å². The molecule has 0 atom stereocenters. The molecule has 0 amide bonds. The van der Waals surface area contributed by atoms with E-state index in [9.17, 15) is 57.9 Å². The van der Waals surface area contributed by atoms with Gasteiger partial charge in [0, 0.05) is 32.7 Å². The summed E-state index contributed by atoms with van der Waals surface area (Å²) in [4.78, 5) is 0. The maximum absolute atomic E-state index is 15.8. The van der Waals surface area contributed by atoms with Crippen molar-refractivity contribution >= 4 is 43.6 Å². The van der Waals surface area contributed by atoms with Gasteiger partial charge < -0.3 is 9.13 Å². The maximum atomic E-state index is 15.8. The Morgan fingerprint density at radius 2 is 0.611 bits per heavy atom. The van der Waals surface area contributed by atoms with E-state index in [1.807, 2.05) is 0 Å². The van der Waals surface area contributed by atoms with Crippen LogP contribution in [0.5, 0.6) is 0 Å². The number of halogens is 15. The van der Waals surface area contributed by atoms with E-state index in [0.29, 0.717) is 65.9 Å². The second-order valence-electron chi connectivity index (χ2n) is 23.9. The lowest BCUT2D eigenvalue weighted by atomic mass is 9.85. The van der Waals surface area contributed by atoms with Gasteiger partial charge in [0.2, 0.25) is 0 Å². The number of hydrogen-bond acceptors (Lipinski definition) is 1. The van der Waals surface area contributed by atoms with Crippen LogP contribution in [0.15, 0.2) is 200 Å². The molecule has 0 radical (unpaired) electrons. The number of benzene rings is 11. The summed E-state index contributed by atoms with van der Waals surface area (Å²) in [5.74, 6) is 0. The van der Waals surface area contributed by atoms with Crippen LogP contribution in [0, 0.1) is 45.9 Å². The topological polar surface area (TPSA) is 33.6 Å². The summed E-state index contributed by atoms with van der Waals surface area (Å²) in [6, 6.07) is 48.8. The first-order valence-electron chi connectivity index (χ1n) is 29.5. The molecule has 0 N–H and O–H groups in total. The predicted octanol–water partition coefficient (Wildman–Crippen LogP) is 24.4. The summed E-state index contributed by atoms with van der Waals surface area (Å²) in [5, 5.41) is 13.0. The Bertz CT molecular complexity index is 5130. The van der Waals surface area contributed by atoms with E-state index in [2.05, 4.69) is 6.07 Å². The third-order valence-electron chi connectivity index (χ3n) is 17.3. The van der Waals surface area contributed by atoms with Crippen molar-refractivity contribution in [1.29, 1.82) is 5.26 Å². The summed E-state index contributed by atoms with van der Waals surface area (Å²) in [6.45, 7) is 7.52. The first-order valence-corrected chi connectivity index (χ1v) is 29.5. The van der Waals surface area contributed by atoms with E-state index in [1.54, 1.807) is 124 Å². The van der Waals surface area contributed by atoms with Crippen LogP contribution in [0.3, 0.4) is 0 Å². The molecule has 0 spiro atoms. The van der Waals surface area contributed by atoms with Crippen LogP contribution >= 0.6 is 0 Å². The summed E-state index contributed by atoms with van der Waals surface area (Å²) in [6.07, 6.45) is -24.0. The van der Waals surface area contributed by atoms with Crippen molar-refractivity contribution in [2.75, 3.05) is 0 Å². The SMILES string of the molecule is Cc1cc(-c2ccc3c(c2)c2cc(-c4cc(C)cc(C(F)(F)F)c4)ccc2n3-c2cccc(C#N)c2-c2c(-c3c(C)cccc3C(F)(F)F)cccc2-n2c3ccc(-c4cc(C)cc(C(F)(F)F)c4)cc3c3cc(-c4cc(C)cc(C(F)(F)F)c4)ccc32)cc(C(F)(F)F)c1. The lowest BCUT2D eigenvalue weighted by Crippen LogP contribution is -2.10. The van der Waals surface area contributed by atoms with Gasteiger partial charge in [-0.2, -0.15) is 71.1 Å². The molecular formula is C77H48F15N3. The normalized spacial score (nSPS) is 12.6. The van der Waals surface area contributed by atoms with Gasteiger partial charge in [-0.15, -0.1) is 0 Å². The first kappa shape index (κ1) is 63.2. The van der Waals surface area contributed by atoms with Crippen LogP contribution in [-0.2, 0) is 30.9 Å². The number of nitriles is 1. The fourth-order valence-corrected chi connectivity index (χ4v) is 13.3. The van der Waals surface area contributed by atoms with Crippen LogP contribution in [-0.4, -0.2) is 9.13 Å². The average molecular weight is 1300 g/mol. The Balaban J connectivity index is 1.16. The Morgan fingerprint density at radius 1 is 0.295 bits per heavy atom. The highest BCUT2D eigenvalue weighted by Crippen LogP contribution is 2.51. The van der Waals surface area contributed by atoms with Crippen molar-refractivity contribution in [3.8, 4) is 84.2 Å². The average Bonchev–Trinajstić information content (AvgIpc) is 1.62. The lowest BCUT2D eigenvalue weighted by molar-refractivity contribution is -0.138. The molecule has 0 aliphatic heterocycles. The molecule has 11 aromatic carbocycles. The van der Waals surface area contributed by atoms with E-state index < -0.39 is 58.7 Å². The van der Waals surface area contributed by atoms with Crippen molar-refractivity contribution < 1.29 is 65.9 Å². The zero-order valence-electron chi connectivity index (χ0n) is 50.6. The Hall–Kier alpha value is -10.5. The molecule has 3 nitrogen and oxygen atoms in total. The van der Waals surface area contributed by atoms with Crippen LogP contribution in [0.4, 0.5) is 65.9 Å². The highest BCUT2D eigenvalue weighted by atomic mass is 19.4. The number of rotatable bonds is 8. The van der Waals surface area contributed by atoms with E-state index in [-0.39, 0.29) is 89.3 Å². The van der Waals surface area contributed by atoms with Gasteiger partial charge in [0.05, 0.1) is 72.9 Å². The van der Waals surface area contributed by atoms with Gasteiger partial charge in [-0.3, -0.25) is 0 Å². The lowest BCUT2D eigenvalue weighted by Gasteiger charge is -2.24. The standard InChI is InChI=1S/C77H48F15N3/c1-40-23-50(31-54(27-40)73(78,79)80)45-15-19-64-59(35-45)60-36-46(51-24-41(2)28-55(32-51)74(81,82)83)16-20-65(60)94(64)68-13-7-10-49(39-93)71(68)72-58(70-44(5)9-6-12-63(70)77(90,91)92)11-8-14-69(72)95-66-21-17-47(52-25-42(3)29-56(33-52)75(84,85)86)37-61(66)62-38-48(18-22-67(62)95)53-26-43(4)30-57(34-53)76(87,88)89/h6-38H,1-5H3. The van der Waals surface area contributed by atoms with Crippen molar-refractivity contribution in [3.63, 3.8) is 0 Å². The molecule has 0 bridgehead atoms. The molecule has 0 unspecified atom stereocenters. The monoisotopic (exact) mass is 1300 g/mol. The second kappa shape index (κ2) is 22.6. The third kappa shape index (κ3) is 11.5. The number of nitrogens with zero attached hydrogens (tertiary/aromatic N) is 3. The zero-order chi connectivity index (χ0) is 67.7. The van der Waals surface area contributed by atoms with Crippen molar-refractivity contribution in [2.45, 2.75) is 65.5 Å². The summed E-state index contributed by atoms with van der Waals surface area (Å²) < 4.78 is 225. The Kier molecular flexibility index (Phi) is 15.0. The molecule has 2 aromatic heterocycles. The second-order valence-corrected chi connectivity index (χ2v) is 23.9. The Labute approximate surface area is 532 Å². The van der Waals surface area contributed by atoms with Gasteiger partial charge in [-0.25, -0.2) is 0 Å². The van der Waals surface area contributed by atoms with E-state index in [1.165, 1.54) is 65.0 Å². The van der Waals surface area contributed by atoms with Crippen LogP contribution < -0.4 is 0 Å². The van der Waals surface area contributed by atoms with E-state index in [0.717, 1.165) is 54.6 Å². The minimum absolute atomic E-state index is 0.0375. The van der Waals surface area contributed by atoms with E-state index in [4.69, 9.17) is 0 Å². The molecule has 2 heterocycles. The zero-order valence-corrected chi connectivity index (χ0v) is 50.6. The number of aryl methyl sites for hydroxylation is 5. The minimum atomic E-state index is -4.99. The van der Waals surface area contributed by atoms with Crippen LogP contribution in [0.2, 0.25) is 0 Å². The predicted molar refractivity (Wildman–Crippen MR) is 341 cm³/mol.